The molecule has 0 N–H and O–H groups in total. The minimum Gasteiger partial charge on any atom is -0.494 e. The van der Waals surface area contributed by atoms with E-state index in [0.29, 0.717) is 6.61 Å². The van der Waals surface area contributed by atoms with Gasteiger partial charge in [0, 0.05) is 0 Å². The molecule has 0 unspecified atom stereocenters. The molecule has 1 radical (unpaired) electrons. The zero-order valence-electron chi connectivity index (χ0n) is 6.58. The van der Waals surface area contributed by atoms with Gasteiger partial charge in [-0.1, -0.05) is 24.8 Å². The van der Waals surface area contributed by atoms with Gasteiger partial charge in [0.25, 0.3) is 0 Å². The van der Waals surface area contributed by atoms with Gasteiger partial charge in [0.05, 0.1) is 6.61 Å². The molecule has 11 heavy (non-hydrogen) atoms. The standard InChI is InChI=1S/C10H11O/c1-3-9-6-5-7-10(8-9)11-4-2/h1,3,5-8H,4H2,2H3. The average molecular weight is 147 g/mol. The van der Waals surface area contributed by atoms with Crippen LogP contribution < -0.4 is 4.74 Å². The maximum atomic E-state index is 5.33. The molecule has 0 aliphatic carbocycles. The van der Waals surface area contributed by atoms with Crippen molar-refractivity contribution < 1.29 is 4.74 Å². The van der Waals surface area contributed by atoms with Gasteiger partial charge >= 0.3 is 0 Å². The highest BCUT2D eigenvalue weighted by molar-refractivity contribution is 5.48. The van der Waals surface area contributed by atoms with Gasteiger partial charge in [-0.25, -0.2) is 0 Å². The van der Waals surface area contributed by atoms with E-state index in [1.165, 1.54) is 0 Å². The van der Waals surface area contributed by atoms with Crippen LogP contribution >= 0.6 is 0 Å². The van der Waals surface area contributed by atoms with Gasteiger partial charge in [-0.05, 0) is 24.6 Å². The molecular formula is C10H11O. The first-order valence-electron chi connectivity index (χ1n) is 3.64. The second kappa shape index (κ2) is 3.81. The lowest BCUT2D eigenvalue weighted by atomic mass is 10.2. The summed E-state index contributed by atoms with van der Waals surface area (Å²) in [5.41, 5.74) is 0.982. The van der Waals surface area contributed by atoms with Crippen LogP contribution in [0.25, 0.3) is 6.08 Å². The summed E-state index contributed by atoms with van der Waals surface area (Å²) in [4.78, 5) is 0. The van der Waals surface area contributed by atoms with Crippen LogP contribution in [-0.2, 0) is 0 Å². The Morgan fingerprint density at radius 2 is 2.36 bits per heavy atom. The molecule has 0 saturated carbocycles. The summed E-state index contributed by atoms with van der Waals surface area (Å²) >= 11 is 0. The molecule has 0 heterocycles. The van der Waals surface area contributed by atoms with E-state index in [4.69, 9.17) is 11.3 Å². The fourth-order valence-corrected chi connectivity index (χ4v) is 0.875. The van der Waals surface area contributed by atoms with Gasteiger partial charge in [0.1, 0.15) is 5.75 Å². The third-order valence-corrected chi connectivity index (χ3v) is 1.36. The normalized spacial score (nSPS) is 9.18. The first kappa shape index (κ1) is 7.86. The first-order chi connectivity index (χ1) is 5.36. The Bertz CT molecular complexity index is 240. The third kappa shape index (κ3) is 2.11. The van der Waals surface area contributed by atoms with E-state index in [9.17, 15) is 0 Å². The molecule has 1 nitrogen and oxygen atoms in total. The van der Waals surface area contributed by atoms with Gasteiger partial charge in [-0.15, -0.1) is 0 Å². The largest absolute Gasteiger partial charge is 0.494 e. The second-order valence-electron chi connectivity index (χ2n) is 2.17. The molecule has 0 aliphatic heterocycles. The van der Waals surface area contributed by atoms with Gasteiger partial charge < -0.3 is 4.74 Å². The molecule has 0 fully saturated rings. The molecule has 1 aromatic carbocycles. The quantitative estimate of drug-likeness (QED) is 0.638. The Hall–Kier alpha value is -1.24. The highest BCUT2D eigenvalue weighted by atomic mass is 16.5. The molecule has 0 bridgehead atoms. The van der Waals surface area contributed by atoms with Crippen molar-refractivity contribution in [2.24, 2.45) is 0 Å². The van der Waals surface area contributed by atoms with E-state index >= 15 is 0 Å². The fourth-order valence-electron chi connectivity index (χ4n) is 0.875. The van der Waals surface area contributed by atoms with Crippen LogP contribution in [-0.4, -0.2) is 6.61 Å². The maximum absolute atomic E-state index is 5.33. The Balaban J connectivity index is 2.82. The van der Waals surface area contributed by atoms with Crippen molar-refractivity contribution in [2.45, 2.75) is 6.92 Å². The first-order valence-corrected chi connectivity index (χ1v) is 3.64. The van der Waals surface area contributed by atoms with Gasteiger partial charge in [-0.3, -0.25) is 0 Å². The number of benzene rings is 1. The summed E-state index contributed by atoms with van der Waals surface area (Å²) < 4.78 is 5.27. The molecule has 0 atom stereocenters. The van der Waals surface area contributed by atoms with Crippen molar-refractivity contribution in [2.75, 3.05) is 6.61 Å². The minimum absolute atomic E-state index is 0.689. The van der Waals surface area contributed by atoms with Gasteiger partial charge in [0.15, 0.2) is 0 Å². The smallest absolute Gasteiger partial charge is 0.119 e. The van der Waals surface area contributed by atoms with Crippen molar-refractivity contribution in [1.29, 1.82) is 0 Å². The fraction of sp³-hybridized carbons (Fsp3) is 0.200. The SMILES string of the molecule is [CH]=Cc1cccc(OCC)c1. The molecule has 1 heteroatoms. The molecule has 0 spiro atoms. The van der Waals surface area contributed by atoms with Gasteiger partial charge in [-0.2, -0.15) is 0 Å². The maximum Gasteiger partial charge on any atom is 0.119 e. The van der Waals surface area contributed by atoms with Crippen LogP contribution in [0.5, 0.6) is 5.75 Å². The Morgan fingerprint density at radius 1 is 1.55 bits per heavy atom. The summed E-state index contributed by atoms with van der Waals surface area (Å²) in [7, 11) is 0. The molecule has 0 amide bonds. The monoisotopic (exact) mass is 147 g/mol. The van der Waals surface area contributed by atoms with Crippen LogP contribution in [0.15, 0.2) is 24.3 Å². The molecule has 0 aliphatic rings. The van der Waals surface area contributed by atoms with Crippen molar-refractivity contribution in [3.05, 3.63) is 36.4 Å². The predicted octanol–water partition coefficient (Wildman–Crippen LogP) is 2.53. The van der Waals surface area contributed by atoms with Crippen LogP contribution in [0.1, 0.15) is 12.5 Å². The molecule has 0 saturated heterocycles. The van der Waals surface area contributed by atoms with Crippen LogP contribution in [0.3, 0.4) is 0 Å². The topological polar surface area (TPSA) is 9.23 Å². The molecule has 57 valence electrons. The van der Waals surface area contributed by atoms with Crippen molar-refractivity contribution in [3.63, 3.8) is 0 Å². The van der Waals surface area contributed by atoms with Crippen LogP contribution in [0, 0.1) is 6.58 Å². The van der Waals surface area contributed by atoms with E-state index in [1.54, 1.807) is 6.08 Å². The lowest BCUT2D eigenvalue weighted by molar-refractivity contribution is 0.340. The summed E-state index contributed by atoms with van der Waals surface area (Å²) in [6.45, 7) is 7.98. The molecule has 1 aromatic rings. The number of ether oxygens (including phenoxy) is 1. The summed E-state index contributed by atoms with van der Waals surface area (Å²) in [6.07, 6.45) is 1.56. The summed E-state index contributed by atoms with van der Waals surface area (Å²) in [6, 6.07) is 7.67. The lowest BCUT2D eigenvalue weighted by Crippen LogP contribution is -1.90. The van der Waals surface area contributed by atoms with E-state index in [2.05, 4.69) is 0 Å². The Labute approximate surface area is 67.3 Å². The molecular weight excluding hydrogens is 136 g/mol. The van der Waals surface area contributed by atoms with Crippen molar-refractivity contribution >= 4 is 6.08 Å². The second-order valence-corrected chi connectivity index (χ2v) is 2.17. The highest BCUT2D eigenvalue weighted by Gasteiger charge is 1.90. The zero-order valence-corrected chi connectivity index (χ0v) is 6.58. The van der Waals surface area contributed by atoms with E-state index in [0.717, 1.165) is 11.3 Å². The number of rotatable bonds is 3. The molecule has 0 aromatic heterocycles. The van der Waals surface area contributed by atoms with E-state index < -0.39 is 0 Å². The van der Waals surface area contributed by atoms with E-state index in [1.807, 2.05) is 31.2 Å². The van der Waals surface area contributed by atoms with Crippen LogP contribution in [0.2, 0.25) is 0 Å². The predicted molar refractivity (Wildman–Crippen MR) is 46.4 cm³/mol. The third-order valence-electron chi connectivity index (χ3n) is 1.36. The number of hydrogen-bond donors (Lipinski definition) is 0. The zero-order chi connectivity index (χ0) is 8.10. The Kier molecular flexibility index (Phi) is 2.73. The van der Waals surface area contributed by atoms with Crippen molar-refractivity contribution in [1.82, 2.24) is 0 Å². The minimum atomic E-state index is 0.689. The Morgan fingerprint density at radius 3 is 3.00 bits per heavy atom. The average Bonchev–Trinajstić information content (AvgIpc) is 2.06. The van der Waals surface area contributed by atoms with E-state index in [-0.39, 0.29) is 0 Å². The highest BCUT2D eigenvalue weighted by Crippen LogP contribution is 2.13. The summed E-state index contributed by atoms with van der Waals surface area (Å²) in [5.74, 6) is 0.867. The van der Waals surface area contributed by atoms with Crippen molar-refractivity contribution in [3.8, 4) is 5.75 Å². The molecule has 1 rings (SSSR count). The van der Waals surface area contributed by atoms with Crippen LogP contribution in [0.4, 0.5) is 0 Å². The summed E-state index contributed by atoms with van der Waals surface area (Å²) in [5, 5.41) is 0. The van der Waals surface area contributed by atoms with Gasteiger partial charge in [0.2, 0.25) is 0 Å². The number of hydrogen-bond acceptors (Lipinski definition) is 1. The lowest BCUT2D eigenvalue weighted by Gasteiger charge is -2.02.